The monoisotopic (exact) mass is 401 g/mol. The van der Waals surface area contributed by atoms with Gasteiger partial charge in [0.1, 0.15) is 0 Å². The number of carbonyl (C=O) groups excluding carboxylic acids is 1. The number of hydrogen-bond acceptors (Lipinski definition) is 4. The third-order valence-corrected chi connectivity index (χ3v) is 3.58. The molecule has 3 aromatic rings. The van der Waals surface area contributed by atoms with E-state index in [1.165, 1.54) is 0 Å². The summed E-state index contributed by atoms with van der Waals surface area (Å²) in [6.07, 6.45) is -9.02. The molecule has 11 heteroatoms. The molecule has 0 unspecified atom stereocenters. The maximum Gasteiger partial charge on any atom is 0.416 e. The largest absolute Gasteiger partial charge is 0.416 e. The highest BCUT2D eigenvalue weighted by Crippen LogP contribution is 2.31. The zero-order valence-corrected chi connectivity index (χ0v) is 13.6. The van der Waals surface area contributed by atoms with Crippen molar-refractivity contribution in [1.29, 1.82) is 0 Å². The van der Waals surface area contributed by atoms with E-state index in [4.69, 9.17) is 4.42 Å². The lowest BCUT2D eigenvalue weighted by Crippen LogP contribution is -2.13. The average molecular weight is 401 g/mol. The van der Waals surface area contributed by atoms with Crippen molar-refractivity contribution >= 4 is 11.9 Å². The van der Waals surface area contributed by atoms with E-state index in [0.717, 1.165) is 48.5 Å². The highest BCUT2D eigenvalue weighted by molar-refractivity contribution is 6.03. The summed E-state index contributed by atoms with van der Waals surface area (Å²) in [5.41, 5.74) is -1.66. The highest BCUT2D eigenvalue weighted by atomic mass is 19.4. The molecular formula is C17H9F6N3O2. The lowest BCUT2D eigenvalue weighted by atomic mass is 10.1. The van der Waals surface area contributed by atoms with Crippen LogP contribution in [0.3, 0.4) is 0 Å². The molecule has 5 nitrogen and oxygen atoms in total. The second kappa shape index (κ2) is 6.98. The summed E-state index contributed by atoms with van der Waals surface area (Å²) in [6.45, 7) is 0. The van der Waals surface area contributed by atoms with E-state index in [0.29, 0.717) is 0 Å². The van der Waals surface area contributed by atoms with Gasteiger partial charge in [0.2, 0.25) is 5.89 Å². The Morgan fingerprint density at radius 3 is 1.79 bits per heavy atom. The first-order valence-corrected chi connectivity index (χ1v) is 7.54. The molecule has 0 atom stereocenters. The van der Waals surface area contributed by atoms with Crippen LogP contribution < -0.4 is 5.32 Å². The SMILES string of the molecule is O=C(Nc1nnc(-c2ccc(C(F)(F)F)cc2)o1)c1ccc(C(F)(F)F)cc1. The number of benzene rings is 2. The molecule has 1 heterocycles. The smallest absolute Gasteiger partial charge is 0.403 e. The number of aromatic nitrogens is 2. The van der Waals surface area contributed by atoms with E-state index in [9.17, 15) is 31.1 Å². The average Bonchev–Trinajstić information content (AvgIpc) is 3.09. The summed E-state index contributed by atoms with van der Waals surface area (Å²) < 4.78 is 80.4. The molecule has 0 aliphatic carbocycles. The predicted octanol–water partition coefficient (Wildman–Crippen LogP) is 5.03. The maximum atomic E-state index is 12.6. The molecule has 0 fully saturated rings. The lowest BCUT2D eigenvalue weighted by Gasteiger charge is -2.07. The van der Waals surface area contributed by atoms with Crippen molar-refractivity contribution in [1.82, 2.24) is 10.2 Å². The van der Waals surface area contributed by atoms with Gasteiger partial charge in [0.25, 0.3) is 5.91 Å². The van der Waals surface area contributed by atoms with Crippen molar-refractivity contribution < 1.29 is 35.6 Å². The summed E-state index contributed by atoms with van der Waals surface area (Å²) in [4.78, 5) is 12.0. The zero-order valence-electron chi connectivity index (χ0n) is 13.6. The summed E-state index contributed by atoms with van der Waals surface area (Å²) in [7, 11) is 0. The quantitative estimate of drug-likeness (QED) is 0.626. The minimum Gasteiger partial charge on any atom is -0.403 e. The summed E-state index contributed by atoms with van der Waals surface area (Å²) >= 11 is 0. The zero-order chi connectivity index (χ0) is 20.5. The normalized spacial score (nSPS) is 12.1. The Bertz CT molecular complexity index is 976. The van der Waals surface area contributed by atoms with E-state index in [-0.39, 0.29) is 23.0 Å². The van der Waals surface area contributed by atoms with Crippen LogP contribution in [0.2, 0.25) is 0 Å². The van der Waals surface area contributed by atoms with E-state index in [2.05, 4.69) is 15.5 Å². The van der Waals surface area contributed by atoms with Crippen LogP contribution in [0.25, 0.3) is 11.5 Å². The molecule has 146 valence electrons. The second-order valence-corrected chi connectivity index (χ2v) is 5.52. The van der Waals surface area contributed by atoms with Crippen molar-refractivity contribution in [2.75, 3.05) is 5.32 Å². The van der Waals surface area contributed by atoms with Gasteiger partial charge in [0.05, 0.1) is 11.1 Å². The van der Waals surface area contributed by atoms with E-state index >= 15 is 0 Å². The van der Waals surface area contributed by atoms with Crippen LogP contribution in [0.15, 0.2) is 52.9 Å². The molecule has 0 spiro atoms. The molecule has 0 bridgehead atoms. The molecule has 3 rings (SSSR count). The number of nitrogens with zero attached hydrogens (tertiary/aromatic N) is 2. The predicted molar refractivity (Wildman–Crippen MR) is 84.1 cm³/mol. The van der Waals surface area contributed by atoms with Gasteiger partial charge in [0, 0.05) is 11.1 Å². The standard InChI is InChI=1S/C17H9F6N3O2/c18-16(19,20)11-5-1-9(2-6-11)13(27)24-15-26-25-14(28-15)10-3-7-12(8-4-10)17(21,22)23/h1-8H,(H,24,26,27). The molecule has 2 aromatic carbocycles. The van der Waals surface area contributed by atoms with Gasteiger partial charge in [-0.25, -0.2) is 0 Å². The Morgan fingerprint density at radius 2 is 1.29 bits per heavy atom. The van der Waals surface area contributed by atoms with Crippen molar-refractivity contribution in [3.63, 3.8) is 0 Å². The van der Waals surface area contributed by atoms with E-state index in [1.54, 1.807) is 0 Å². The number of carbonyl (C=O) groups is 1. The van der Waals surface area contributed by atoms with Crippen LogP contribution in [0, 0.1) is 0 Å². The molecule has 0 radical (unpaired) electrons. The minimum atomic E-state index is -4.53. The summed E-state index contributed by atoms with van der Waals surface area (Å²) in [5.74, 6) is -0.937. The number of halogens is 6. The minimum absolute atomic E-state index is 0.0812. The van der Waals surface area contributed by atoms with Gasteiger partial charge < -0.3 is 4.42 Å². The van der Waals surface area contributed by atoms with Gasteiger partial charge >= 0.3 is 18.4 Å². The fraction of sp³-hybridized carbons (Fsp3) is 0.118. The number of anilines is 1. The fourth-order valence-electron chi connectivity index (χ4n) is 2.17. The lowest BCUT2D eigenvalue weighted by molar-refractivity contribution is -0.138. The van der Waals surface area contributed by atoms with Crippen molar-refractivity contribution in [3.8, 4) is 11.5 Å². The second-order valence-electron chi connectivity index (χ2n) is 5.52. The van der Waals surface area contributed by atoms with Gasteiger partial charge in [-0.05, 0) is 48.5 Å². The Labute approximate surface area is 153 Å². The van der Waals surface area contributed by atoms with E-state index < -0.39 is 29.4 Å². The molecule has 0 aliphatic heterocycles. The van der Waals surface area contributed by atoms with Gasteiger partial charge in [-0.15, -0.1) is 5.10 Å². The molecule has 0 aliphatic rings. The Hall–Kier alpha value is -3.37. The van der Waals surface area contributed by atoms with E-state index in [1.807, 2.05) is 0 Å². The van der Waals surface area contributed by atoms with Crippen LogP contribution in [0.1, 0.15) is 21.5 Å². The highest BCUT2D eigenvalue weighted by Gasteiger charge is 2.31. The van der Waals surface area contributed by atoms with Crippen molar-refractivity contribution in [3.05, 3.63) is 65.2 Å². The number of alkyl halides is 6. The molecular weight excluding hydrogens is 392 g/mol. The first-order valence-electron chi connectivity index (χ1n) is 7.54. The number of nitrogens with one attached hydrogen (secondary N) is 1. The first kappa shape index (κ1) is 19.4. The Kier molecular flexibility index (Phi) is 4.84. The molecule has 28 heavy (non-hydrogen) atoms. The Morgan fingerprint density at radius 1 is 0.786 bits per heavy atom. The van der Waals surface area contributed by atoms with Crippen LogP contribution in [0.4, 0.5) is 32.4 Å². The van der Waals surface area contributed by atoms with Gasteiger partial charge in [0.15, 0.2) is 0 Å². The number of rotatable bonds is 3. The Balaban J connectivity index is 1.71. The first-order chi connectivity index (χ1) is 13.0. The molecule has 0 saturated heterocycles. The topological polar surface area (TPSA) is 68.0 Å². The van der Waals surface area contributed by atoms with Crippen LogP contribution in [-0.4, -0.2) is 16.1 Å². The fourth-order valence-corrected chi connectivity index (χ4v) is 2.17. The molecule has 1 aromatic heterocycles. The van der Waals surface area contributed by atoms with Gasteiger partial charge in [-0.1, -0.05) is 5.10 Å². The third-order valence-electron chi connectivity index (χ3n) is 3.58. The summed E-state index contributed by atoms with van der Waals surface area (Å²) in [6, 6.07) is 7.00. The number of hydrogen-bond donors (Lipinski definition) is 1. The van der Waals surface area contributed by atoms with Gasteiger partial charge in [-0.3, -0.25) is 10.1 Å². The molecule has 1 amide bonds. The molecule has 1 N–H and O–H groups in total. The summed E-state index contributed by atoms with van der Waals surface area (Å²) in [5, 5.41) is 9.35. The van der Waals surface area contributed by atoms with Gasteiger partial charge in [-0.2, -0.15) is 26.3 Å². The van der Waals surface area contributed by atoms with Crippen molar-refractivity contribution in [2.45, 2.75) is 12.4 Å². The maximum absolute atomic E-state index is 12.6. The molecule has 0 saturated carbocycles. The number of amides is 1. The van der Waals surface area contributed by atoms with Crippen molar-refractivity contribution in [2.24, 2.45) is 0 Å². The third kappa shape index (κ3) is 4.30. The van der Waals surface area contributed by atoms with Crippen LogP contribution in [0.5, 0.6) is 0 Å². The van der Waals surface area contributed by atoms with Crippen LogP contribution in [-0.2, 0) is 12.4 Å². The van der Waals surface area contributed by atoms with Crippen LogP contribution >= 0.6 is 0 Å².